The molecule has 0 aromatic heterocycles. The second-order valence-electron chi connectivity index (χ2n) is 4.22. The summed E-state index contributed by atoms with van der Waals surface area (Å²) in [7, 11) is 0. The van der Waals surface area contributed by atoms with E-state index < -0.39 is 0 Å². The molecule has 0 saturated carbocycles. The number of thioether (sulfide) groups is 1. The number of benzene rings is 2. The fourth-order valence-electron chi connectivity index (χ4n) is 2.02. The highest BCUT2D eigenvalue weighted by Crippen LogP contribution is 2.29. The fraction of sp³-hybridized carbons (Fsp3) is 0.250. The van der Waals surface area contributed by atoms with Crippen molar-refractivity contribution in [2.24, 2.45) is 5.73 Å². The lowest BCUT2D eigenvalue weighted by molar-refractivity contribution is 0.335. The van der Waals surface area contributed by atoms with Crippen molar-refractivity contribution in [1.29, 1.82) is 0 Å². The smallest absolute Gasteiger partial charge is 0.124 e. The lowest BCUT2D eigenvalue weighted by Crippen LogP contribution is -2.13. The lowest BCUT2D eigenvalue weighted by atomic mass is 9.99. The van der Waals surface area contributed by atoms with Crippen LogP contribution in [0.15, 0.2) is 53.4 Å². The minimum absolute atomic E-state index is 0.154. The van der Waals surface area contributed by atoms with Crippen molar-refractivity contribution in [2.75, 3.05) is 12.9 Å². The number of para-hydroxylation sites is 1. The molecule has 2 aromatic carbocycles. The van der Waals surface area contributed by atoms with Crippen molar-refractivity contribution in [3.8, 4) is 5.75 Å². The standard InChI is InChI=1S/C16H19NOS/c1-3-18-15-7-5-4-6-14(15)16(17)12-8-10-13(19-2)11-9-12/h4-11,16H,3,17H2,1-2H3. The SMILES string of the molecule is CCOc1ccccc1C(N)c1ccc(SC)cc1. The van der Waals surface area contributed by atoms with Gasteiger partial charge in [0.25, 0.3) is 0 Å². The molecular weight excluding hydrogens is 254 g/mol. The Balaban J connectivity index is 2.29. The molecule has 0 radical (unpaired) electrons. The van der Waals surface area contributed by atoms with Crippen LogP contribution in [0.4, 0.5) is 0 Å². The first-order valence-corrected chi connectivity index (χ1v) is 7.60. The largest absolute Gasteiger partial charge is 0.494 e. The Kier molecular flexibility index (Phi) is 4.88. The second kappa shape index (κ2) is 6.64. The van der Waals surface area contributed by atoms with Crippen molar-refractivity contribution in [1.82, 2.24) is 0 Å². The van der Waals surface area contributed by atoms with E-state index in [4.69, 9.17) is 10.5 Å². The van der Waals surface area contributed by atoms with E-state index in [2.05, 4.69) is 30.5 Å². The van der Waals surface area contributed by atoms with Crippen LogP contribution < -0.4 is 10.5 Å². The van der Waals surface area contributed by atoms with Crippen molar-refractivity contribution >= 4 is 11.8 Å². The van der Waals surface area contributed by atoms with E-state index >= 15 is 0 Å². The molecule has 2 N–H and O–H groups in total. The highest BCUT2D eigenvalue weighted by Gasteiger charge is 2.13. The molecule has 0 fully saturated rings. The minimum Gasteiger partial charge on any atom is -0.494 e. The van der Waals surface area contributed by atoms with Gasteiger partial charge in [0, 0.05) is 10.5 Å². The summed E-state index contributed by atoms with van der Waals surface area (Å²) >= 11 is 1.73. The highest BCUT2D eigenvalue weighted by molar-refractivity contribution is 7.98. The van der Waals surface area contributed by atoms with Crippen molar-refractivity contribution in [2.45, 2.75) is 17.9 Å². The average Bonchev–Trinajstić information content (AvgIpc) is 2.47. The normalized spacial score (nSPS) is 12.2. The molecule has 3 heteroatoms. The molecule has 0 spiro atoms. The third-order valence-electron chi connectivity index (χ3n) is 3.03. The first-order chi connectivity index (χ1) is 9.26. The molecular formula is C16H19NOS. The van der Waals surface area contributed by atoms with Crippen LogP contribution in [0.5, 0.6) is 5.75 Å². The maximum Gasteiger partial charge on any atom is 0.124 e. The van der Waals surface area contributed by atoms with Gasteiger partial charge in [-0.05, 0) is 36.9 Å². The van der Waals surface area contributed by atoms with Crippen LogP contribution in [-0.4, -0.2) is 12.9 Å². The van der Waals surface area contributed by atoms with E-state index in [9.17, 15) is 0 Å². The third kappa shape index (κ3) is 3.31. The maximum atomic E-state index is 6.35. The van der Waals surface area contributed by atoms with E-state index in [-0.39, 0.29) is 6.04 Å². The van der Waals surface area contributed by atoms with Crippen LogP contribution in [0.2, 0.25) is 0 Å². The summed E-state index contributed by atoms with van der Waals surface area (Å²) in [6.45, 7) is 2.63. The van der Waals surface area contributed by atoms with Crippen LogP contribution in [0.25, 0.3) is 0 Å². The van der Waals surface area contributed by atoms with Crippen molar-refractivity contribution in [3.05, 3.63) is 59.7 Å². The molecule has 1 unspecified atom stereocenters. The van der Waals surface area contributed by atoms with E-state index in [1.165, 1.54) is 4.90 Å². The van der Waals surface area contributed by atoms with Gasteiger partial charge in [-0.3, -0.25) is 0 Å². The van der Waals surface area contributed by atoms with Gasteiger partial charge in [-0.1, -0.05) is 30.3 Å². The van der Waals surface area contributed by atoms with Gasteiger partial charge >= 0.3 is 0 Å². The molecule has 2 rings (SSSR count). The molecule has 0 heterocycles. The predicted molar refractivity (Wildman–Crippen MR) is 81.9 cm³/mol. The van der Waals surface area contributed by atoms with Gasteiger partial charge in [0.05, 0.1) is 12.6 Å². The molecule has 2 nitrogen and oxygen atoms in total. The summed E-state index contributed by atoms with van der Waals surface area (Å²) < 4.78 is 5.64. The Morgan fingerprint density at radius 2 is 1.79 bits per heavy atom. The second-order valence-corrected chi connectivity index (χ2v) is 5.10. The minimum atomic E-state index is -0.154. The van der Waals surface area contributed by atoms with Gasteiger partial charge in [0.2, 0.25) is 0 Å². The zero-order valence-corrected chi connectivity index (χ0v) is 12.1. The molecule has 0 aliphatic rings. The topological polar surface area (TPSA) is 35.2 Å². The predicted octanol–water partition coefficient (Wildman–Crippen LogP) is 3.86. The van der Waals surface area contributed by atoms with Gasteiger partial charge in [0.15, 0.2) is 0 Å². The average molecular weight is 273 g/mol. The Morgan fingerprint density at radius 1 is 1.11 bits per heavy atom. The zero-order chi connectivity index (χ0) is 13.7. The van der Waals surface area contributed by atoms with E-state index in [1.54, 1.807) is 11.8 Å². The monoisotopic (exact) mass is 273 g/mol. The Hall–Kier alpha value is -1.45. The van der Waals surface area contributed by atoms with Gasteiger partial charge in [0.1, 0.15) is 5.75 Å². The van der Waals surface area contributed by atoms with Crippen LogP contribution in [0.1, 0.15) is 24.1 Å². The first kappa shape index (κ1) is 14.0. The number of hydrogen-bond donors (Lipinski definition) is 1. The molecule has 0 aliphatic heterocycles. The molecule has 100 valence electrons. The molecule has 0 aliphatic carbocycles. The summed E-state index contributed by atoms with van der Waals surface area (Å²) in [4.78, 5) is 1.24. The van der Waals surface area contributed by atoms with Crippen LogP contribution in [0, 0.1) is 0 Å². The first-order valence-electron chi connectivity index (χ1n) is 6.37. The van der Waals surface area contributed by atoms with E-state index in [0.717, 1.165) is 16.9 Å². The molecule has 2 aromatic rings. The number of nitrogens with two attached hydrogens (primary N) is 1. The molecule has 0 amide bonds. The van der Waals surface area contributed by atoms with E-state index in [0.29, 0.717) is 6.61 Å². The maximum absolute atomic E-state index is 6.35. The Morgan fingerprint density at radius 3 is 2.42 bits per heavy atom. The molecule has 1 atom stereocenters. The van der Waals surface area contributed by atoms with Gasteiger partial charge in [-0.25, -0.2) is 0 Å². The van der Waals surface area contributed by atoms with Gasteiger partial charge < -0.3 is 10.5 Å². The summed E-state index contributed by atoms with van der Waals surface area (Å²) in [6.07, 6.45) is 2.07. The Bertz CT molecular complexity index is 525. The van der Waals surface area contributed by atoms with Crippen molar-refractivity contribution in [3.63, 3.8) is 0 Å². The van der Waals surface area contributed by atoms with Crippen LogP contribution in [-0.2, 0) is 0 Å². The summed E-state index contributed by atoms with van der Waals surface area (Å²) in [5, 5.41) is 0. The van der Waals surface area contributed by atoms with Crippen LogP contribution in [0.3, 0.4) is 0 Å². The summed E-state index contributed by atoms with van der Waals surface area (Å²) in [5.41, 5.74) is 8.48. The number of hydrogen-bond acceptors (Lipinski definition) is 3. The van der Waals surface area contributed by atoms with E-state index in [1.807, 2.05) is 31.2 Å². The highest BCUT2D eigenvalue weighted by atomic mass is 32.2. The van der Waals surface area contributed by atoms with Crippen LogP contribution >= 0.6 is 11.8 Å². The van der Waals surface area contributed by atoms with Gasteiger partial charge in [-0.2, -0.15) is 0 Å². The summed E-state index contributed by atoms with van der Waals surface area (Å²) in [6, 6.07) is 16.2. The van der Waals surface area contributed by atoms with Gasteiger partial charge in [-0.15, -0.1) is 11.8 Å². The lowest BCUT2D eigenvalue weighted by Gasteiger charge is -2.17. The quantitative estimate of drug-likeness (QED) is 0.840. The summed E-state index contributed by atoms with van der Waals surface area (Å²) in [5.74, 6) is 0.867. The Labute approximate surface area is 119 Å². The fourth-order valence-corrected chi connectivity index (χ4v) is 2.42. The number of ether oxygens (including phenoxy) is 1. The molecule has 0 bridgehead atoms. The third-order valence-corrected chi connectivity index (χ3v) is 3.77. The van der Waals surface area contributed by atoms with Crippen molar-refractivity contribution < 1.29 is 4.74 Å². The molecule has 19 heavy (non-hydrogen) atoms. The number of rotatable bonds is 5. The molecule has 0 saturated heterocycles. The zero-order valence-electron chi connectivity index (χ0n) is 11.3.